The number of carbonyl (C=O) groups excluding carboxylic acids is 4. The van der Waals surface area contributed by atoms with Crippen LogP contribution in [0.15, 0.2) is 82.7 Å². The van der Waals surface area contributed by atoms with Crippen LogP contribution in [0.5, 0.6) is 0 Å². The maximum absolute atomic E-state index is 14.4. The number of hydrogen-bond acceptors (Lipinski definition) is 9. The first-order valence-corrected chi connectivity index (χ1v) is 18.2. The largest absolute Gasteiger partial charge is 0.421 e. The van der Waals surface area contributed by atoms with E-state index in [1.165, 1.54) is 22.7 Å². The van der Waals surface area contributed by atoms with E-state index in [9.17, 15) is 24.0 Å². The normalized spacial score (nSPS) is 22.3. The van der Waals surface area contributed by atoms with Gasteiger partial charge in [-0.3, -0.25) is 19.2 Å². The number of nitrogens with zero attached hydrogens (tertiary/aromatic N) is 5. The molecule has 2 fully saturated rings. The van der Waals surface area contributed by atoms with Gasteiger partial charge < -0.3 is 30.2 Å². The lowest BCUT2D eigenvalue weighted by atomic mass is 9.92. The predicted molar refractivity (Wildman–Crippen MR) is 199 cm³/mol. The maximum Gasteiger partial charge on any atom is 0.362 e. The van der Waals surface area contributed by atoms with E-state index in [-0.39, 0.29) is 36.6 Å². The highest BCUT2D eigenvalue weighted by atomic mass is 16.4. The van der Waals surface area contributed by atoms with Gasteiger partial charge in [0.2, 0.25) is 23.6 Å². The lowest BCUT2D eigenvalue weighted by Gasteiger charge is -2.36. The molecule has 14 nitrogen and oxygen atoms in total. The van der Waals surface area contributed by atoms with Gasteiger partial charge in [0.1, 0.15) is 29.2 Å². The summed E-state index contributed by atoms with van der Waals surface area (Å²) in [6, 6.07) is 13.8. The van der Waals surface area contributed by atoms with Crippen LogP contribution in [-0.4, -0.2) is 86.8 Å². The van der Waals surface area contributed by atoms with Crippen molar-refractivity contribution in [2.75, 3.05) is 24.5 Å². The van der Waals surface area contributed by atoms with Crippen LogP contribution in [0.2, 0.25) is 0 Å². The molecule has 4 heterocycles. The molecule has 2 aliphatic heterocycles. The molecular formula is C39H46N8O6. The van der Waals surface area contributed by atoms with E-state index >= 15 is 0 Å². The highest BCUT2D eigenvalue weighted by Crippen LogP contribution is 2.25. The van der Waals surface area contributed by atoms with Gasteiger partial charge in [-0.05, 0) is 70.2 Å². The van der Waals surface area contributed by atoms with Crippen molar-refractivity contribution in [3.63, 3.8) is 0 Å². The van der Waals surface area contributed by atoms with Crippen molar-refractivity contribution < 1.29 is 23.6 Å². The van der Waals surface area contributed by atoms with Crippen LogP contribution in [0.1, 0.15) is 57.7 Å². The molecular weight excluding hydrogens is 676 g/mol. The number of allylic oxidation sites excluding steroid dienone is 1. The quantitative estimate of drug-likeness (QED) is 0.156. The van der Waals surface area contributed by atoms with Gasteiger partial charge >= 0.3 is 5.63 Å². The Morgan fingerprint density at radius 3 is 2.51 bits per heavy atom. The van der Waals surface area contributed by atoms with Crippen molar-refractivity contribution in [3.05, 3.63) is 95.1 Å². The number of anilines is 1. The molecule has 0 radical (unpaired) electrons. The van der Waals surface area contributed by atoms with Gasteiger partial charge in [0.05, 0.1) is 11.9 Å². The number of rotatable bonds is 11. The van der Waals surface area contributed by atoms with Crippen LogP contribution in [0.3, 0.4) is 0 Å². The number of aromatic nitrogens is 3. The summed E-state index contributed by atoms with van der Waals surface area (Å²) in [5.74, 6) is -1.99. The number of carbonyl (C=O) groups is 4. The van der Waals surface area contributed by atoms with Crippen LogP contribution in [-0.2, 0) is 32.0 Å². The zero-order chi connectivity index (χ0) is 37.7. The molecule has 4 amide bonds. The number of fused-ring (bicyclic) bond motifs is 2. The smallest absolute Gasteiger partial charge is 0.362 e. The molecule has 2 aliphatic rings. The average molecular weight is 723 g/mol. The second kappa shape index (κ2) is 15.8. The molecule has 278 valence electrons. The Morgan fingerprint density at radius 1 is 1.00 bits per heavy atom. The Hall–Kier alpha value is -5.79. The number of amides is 4. The highest BCUT2D eigenvalue weighted by Gasteiger charge is 2.44. The molecule has 2 aromatic carbocycles. The molecule has 2 aromatic heterocycles. The molecule has 0 bridgehead atoms. The fourth-order valence-electron chi connectivity index (χ4n) is 7.13. The van der Waals surface area contributed by atoms with Crippen LogP contribution < -0.4 is 26.5 Å². The van der Waals surface area contributed by atoms with Gasteiger partial charge in [-0.15, -0.1) is 11.7 Å². The van der Waals surface area contributed by atoms with E-state index in [1.54, 1.807) is 12.1 Å². The third-order valence-electron chi connectivity index (χ3n) is 10.1. The molecule has 4 atom stereocenters. The van der Waals surface area contributed by atoms with E-state index in [0.717, 1.165) is 24.3 Å². The van der Waals surface area contributed by atoms with Crippen molar-refractivity contribution in [2.45, 2.75) is 83.0 Å². The molecule has 4 aromatic rings. The molecule has 0 unspecified atom stereocenters. The Morgan fingerprint density at radius 2 is 1.77 bits per heavy atom. The standard InChI is InChI=1S/C39H46N8O6/c1-5-8-15-29-34(48)42-39(4,38(52)41-30(20-25-13-10-9-11-14-25)36(50)46-19-12-16-31(46)35(49)40-29)23-27-24-47(44-43-27)32-21-26-17-18-28(45(6-2)7-3)22-33(26)53-37(32)51/h5,9-11,13-14,17-18,21-22,24,29-31H,1,6-8,12,15-16,19-20,23H2,2-4H3,(H,40,49)(H,41,52)(H,42,48)/t29-,30-,31-,39+/m0/s1. The summed E-state index contributed by atoms with van der Waals surface area (Å²) in [6.45, 7) is 11.4. The summed E-state index contributed by atoms with van der Waals surface area (Å²) in [7, 11) is 0. The molecule has 0 aliphatic carbocycles. The Kier molecular flexibility index (Phi) is 11.1. The summed E-state index contributed by atoms with van der Waals surface area (Å²) >= 11 is 0. The molecule has 0 spiro atoms. The second-order valence-corrected chi connectivity index (χ2v) is 13.8. The highest BCUT2D eigenvalue weighted by molar-refractivity contribution is 5.99. The SMILES string of the molecule is C=CCC[C@@H]1NC(=O)[C@@H]2CCCN2C(=O)[C@H](Cc2ccccc2)NC(=O)[C@@](C)(Cc2cn(-c3cc4ccc(N(CC)CC)cc4oc3=O)nn2)NC1=O. The monoisotopic (exact) mass is 722 g/mol. The van der Waals surface area contributed by atoms with E-state index in [0.29, 0.717) is 36.8 Å². The topological polar surface area (TPSA) is 172 Å². The predicted octanol–water partition coefficient (Wildman–Crippen LogP) is 2.82. The fourth-order valence-corrected chi connectivity index (χ4v) is 7.13. The molecule has 3 N–H and O–H groups in total. The third-order valence-corrected chi connectivity index (χ3v) is 10.1. The van der Waals surface area contributed by atoms with Gasteiger partial charge in [-0.2, -0.15) is 0 Å². The van der Waals surface area contributed by atoms with Crippen molar-refractivity contribution in [1.82, 2.24) is 35.8 Å². The van der Waals surface area contributed by atoms with Gasteiger partial charge in [0, 0.05) is 49.6 Å². The second-order valence-electron chi connectivity index (χ2n) is 13.8. The van der Waals surface area contributed by atoms with Gasteiger partial charge in [-0.25, -0.2) is 9.48 Å². The van der Waals surface area contributed by atoms with E-state index in [2.05, 4.69) is 51.6 Å². The van der Waals surface area contributed by atoms with Gasteiger partial charge in [0.15, 0.2) is 5.69 Å². The van der Waals surface area contributed by atoms with Crippen LogP contribution in [0.4, 0.5) is 5.69 Å². The van der Waals surface area contributed by atoms with Gasteiger partial charge in [0.25, 0.3) is 0 Å². The summed E-state index contributed by atoms with van der Waals surface area (Å²) in [5, 5.41) is 17.8. The minimum absolute atomic E-state index is 0.116. The Labute approximate surface area is 307 Å². The minimum atomic E-state index is -1.66. The molecule has 2 saturated heterocycles. The van der Waals surface area contributed by atoms with Crippen molar-refractivity contribution in [1.29, 1.82) is 0 Å². The zero-order valence-electron chi connectivity index (χ0n) is 30.3. The fraction of sp³-hybridized carbons (Fsp3) is 0.410. The first-order valence-electron chi connectivity index (χ1n) is 18.2. The Balaban J connectivity index is 1.33. The minimum Gasteiger partial charge on any atom is -0.421 e. The molecule has 6 rings (SSSR count). The van der Waals surface area contributed by atoms with Crippen molar-refractivity contribution in [2.24, 2.45) is 0 Å². The van der Waals surface area contributed by atoms with Crippen LogP contribution in [0, 0.1) is 0 Å². The molecule has 53 heavy (non-hydrogen) atoms. The maximum atomic E-state index is 14.4. The average Bonchev–Trinajstić information content (AvgIpc) is 3.83. The first-order chi connectivity index (χ1) is 25.5. The zero-order valence-corrected chi connectivity index (χ0v) is 30.3. The summed E-state index contributed by atoms with van der Waals surface area (Å²) in [6.07, 6.45) is 4.88. The third kappa shape index (κ3) is 8.01. The first kappa shape index (κ1) is 37.0. The number of hydrogen-bond donors (Lipinski definition) is 3. The molecule has 0 saturated carbocycles. The number of benzene rings is 2. The van der Waals surface area contributed by atoms with Crippen molar-refractivity contribution >= 4 is 40.3 Å². The van der Waals surface area contributed by atoms with Crippen molar-refractivity contribution in [3.8, 4) is 5.69 Å². The van der Waals surface area contributed by atoms with E-state index in [4.69, 9.17) is 4.42 Å². The summed E-state index contributed by atoms with van der Waals surface area (Å²) in [5.41, 5.74) is 0.289. The molecule has 14 heteroatoms. The summed E-state index contributed by atoms with van der Waals surface area (Å²) < 4.78 is 6.98. The lowest BCUT2D eigenvalue weighted by Crippen LogP contribution is -2.66. The van der Waals surface area contributed by atoms with E-state index < -0.39 is 47.0 Å². The van der Waals surface area contributed by atoms with Crippen LogP contribution >= 0.6 is 0 Å². The number of nitrogens with one attached hydrogen (secondary N) is 3. The van der Waals surface area contributed by atoms with E-state index in [1.807, 2.05) is 48.5 Å². The van der Waals surface area contributed by atoms with Gasteiger partial charge in [-0.1, -0.05) is 41.6 Å². The summed E-state index contributed by atoms with van der Waals surface area (Å²) in [4.78, 5) is 73.0. The van der Waals surface area contributed by atoms with Crippen LogP contribution in [0.25, 0.3) is 16.7 Å². The Bertz CT molecular complexity index is 2060. The lowest BCUT2D eigenvalue weighted by molar-refractivity contribution is -0.144.